The largest absolute Gasteiger partial charge is 0.508 e. The van der Waals surface area contributed by atoms with Crippen LogP contribution in [0.25, 0.3) is 0 Å². The Bertz CT molecular complexity index is 1070. The lowest BCUT2D eigenvalue weighted by atomic mass is 10.0. The lowest BCUT2D eigenvalue weighted by Gasteiger charge is -2.24. The number of thioether (sulfide) groups is 1. The first-order valence-corrected chi connectivity index (χ1v) is 13.3. The van der Waals surface area contributed by atoms with Crippen molar-refractivity contribution in [2.45, 2.75) is 43.4 Å². The number of aliphatic carboxylic acids is 1. The zero-order chi connectivity index (χ0) is 28.1. The normalized spacial score (nSPS) is 14.0. The van der Waals surface area contributed by atoms with E-state index in [1.807, 2.05) is 6.26 Å². The fraction of sp³-hybridized carbons (Fsp3) is 0.385. The molecule has 38 heavy (non-hydrogen) atoms. The van der Waals surface area contributed by atoms with Crippen LogP contribution in [0, 0.1) is 0 Å². The number of carbonyl (C=O) groups excluding carboxylic acids is 3. The number of benzene rings is 2. The Kier molecular flexibility index (Phi) is 12.6. The molecule has 0 aromatic heterocycles. The highest BCUT2D eigenvalue weighted by atomic mass is 32.2. The van der Waals surface area contributed by atoms with Gasteiger partial charge in [-0.15, -0.1) is 0 Å². The van der Waals surface area contributed by atoms with Crippen LogP contribution in [0.3, 0.4) is 0 Å². The third kappa shape index (κ3) is 10.0. The fourth-order valence-electron chi connectivity index (χ4n) is 3.52. The van der Waals surface area contributed by atoms with Gasteiger partial charge in [-0.3, -0.25) is 14.4 Å². The van der Waals surface area contributed by atoms with Crippen molar-refractivity contribution in [3.8, 4) is 5.75 Å². The summed E-state index contributed by atoms with van der Waals surface area (Å²) in [6.07, 6.45) is 2.21. The number of aromatic hydroxyl groups is 1. The van der Waals surface area contributed by atoms with Gasteiger partial charge in [0.05, 0.1) is 12.6 Å². The van der Waals surface area contributed by atoms with Crippen LogP contribution in [-0.4, -0.2) is 81.8 Å². The molecule has 2 rings (SSSR count). The van der Waals surface area contributed by atoms with E-state index in [2.05, 4.69) is 16.0 Å². The van der Waals surface area contributed by atoms with E-state index < -0.39 is 54.5 Å². The maximum absolute atomic E-state index is 13.2. The molecular weight excluding hydrogens is 512 g/mol. The second kappa shape index (κ2) is 15.6. The highest BCUT2D eigenvalue weighted by molar-refractivity contribution is 7.98. The average molecular weight is 547 g/mol. The van der Waals surface area contributed by atoms with E-state index in [0.29, 0.717) is 23.3 Å². The zero-order valence-corrected chi connectivity index (χ0v) is 21.8. The maximum atomic E-state index is 13.2. The van der Waals surface area contributed by atoms with E-state index in [0.717, 1.165) is 0 Å². The van der Waals surface area contributed by atoms with Gasteiger partial charge in [0.1, 0.15) is 23.9 Å². The molecule has 0 fully saturated rings. The number of phenolic OH excluding ortho intramolecular Hbond substituents is 1. The number of hydrogen-bond acceptors (Lipinski definition) is 8. The molecule has 0 saturated carbocycles. The fourth-order valence-corrected chi connectivity index (χ4v) is 4.01. The summed E-state index contributed by atoms with van der Waals surface area (Å²) >= 11 is 1.51. The Hall–Kier alpha value is -3.61. The summed E-state index contributed by atoms with van der Waals surface area (Å²) in [5, 5.41) is 36.3. The minimum atomic E-state index is -1.38. The average Bonchev–Trinajstić information content (AvgIpc) is 2.90. The van der Waals surface area contributed by atoms with E-state index >= 15 is 0 Å². The second-order valence-corrected chi connectivity index (χ2v) is 9.64. The van der Waals surface area contributed by atoms with E-state index in [4.69, 9.17) is 5.73 Å². The Morgan fingerprint density at radius 1 is 0.816 bits per heavy atom. The van der Waals surface area contributed by atoms with Gasteiger partial charge in [-0.1, -0.05) is 42.5 Å². The van der Waals surface area contributed by atoms with Crippen molar-refractivity contribution in [3.05, 3.63) is 65.7 Å². The molecule has 4 atom stereocenters. The highest BCUT2D eigenvalue weighted by Crippen LogP contribution is 2.12. The van der Waals surface area contributed by atoms with Gasteiger partial charge in [-0.25, -0.2) is 4.79 Å². The van der Waals surface area contributed by atoms with Gasteiger partial charge >= 0.3 is 5.97 Å². The van der Waals surface area contributed by atoms with E-state index in [1.165, 1.54) is 23.9 Å². The standard InChI is InChI=1S/C26H34N4O7S/c1-38-12-11-19(27)23(33)30-22(15-31)25(35)28-20(13-17-7-9-18(32)10-8-17)24(34)29-21(26(36)37)14-16-5-3-2-4-6-16/h2-10,19-22,31-32H,11-15,27H2,1H3,(H,28,35)(H,29,34)(H,30,33)(H,36,37). The van der Waals surface area contributed by atoms with Gasteiger partial charge in [0.2, 0.25) is 17.7 Å². The number of nitrogens with one attached hydrogen (secondary N) is 3. The number of amides is 3. The Labute approximate surface area is 225 Å². The smallest absolute Gasteiger partial charge is 0.326 e. The van der Waals surface area contributed by atoms with Crippen molar-refractivity contribution in [1.82, 2.24) is 16.0 Å². The van der Waals surface area contributed by atoms with E-state index in [-0.39, 0.29) is 18.6 Å². The molecule has 3 amide bonds. The van der Waals surface area contributed by atoms with Crippen LogP contribution >= 0.6 is 11.8 Å². The Morgan fingerprint density at radius 3 is 1.92 bits per heavy atom. The Balaban J connectivity index is 2.18. The van der Waals surface area contributed by atoms with Gasteiger partial charge in [0, 0.05) is 12.8 Å². The first-order chi connectivity index (χ1) is 18.1. The molecule has 4 unspecified atom stereocenters. The number of aliphatic hydroxyl groups is 1. The molecule has 0 aliphatic carbocycles. The molecule has 0 aliphatic heterocycles. The SMILES string of the molecule is CSCCC(N)C(=O)NC(CO)C(=O)NC(Cc1ccc(O)cc1)C(=O)NC(Cc1ccccc1)C(=O)O. The third-order valence-electron chi connectivity index (χ3n) is 5.69. The monoisotopic (exact) mass is 546 g/mol. The van der Waals surface area contributed by atoms with Gasteiger partial charge in [-0.05, 0) is 41.7 Å². The second-order valence-electron chi connectivity index (χ2n) is 8.65. The van der Waals surface area contributed by atoms with Crippen LogP contribution in [-0.2, 0) is 32.0 Å². The maximum Gasteiger partial charge on any atom is 0.326 e. The zero-order valence-electron chi connectivity index (χ0n) is 21.0. The van der Waals surface area contributed by atoms with Crippen molar-refractivity contribution < 1.29 is 34.5 Å². The molecule has 0 radical (unpaired) electrons. The molecule has 0 aliphatic rings. The summed E-state index contributed by atoms with van der Waals surface area (Å²) in [4.78, 5) is 50.4. The number of carboxylic acid groups (broad SMARTS) is 1. The van der Waals surface area contributed by atoms with Crippen molar-refractivity contribution in [3.63, 3.8) is 0 Å². The molecule has 12 heteroatoms. The number of rotatable bonds is 15. The van der Waals surface area contributed by atoms with Crippen molar-refractivity contribution in [1.29, 1.82) is 0 Å². The summed E-state index contributed by atoms with van der Waals surface area (Å²) in [7, 11) is 0. The number of phenols is 1. The van der Waals surface area contributed by atoms with Gasteiger partial charge in [0.15, 0.2) is 0 Å². The van der Waals surface area contributed by atoms with E-state index in [1.54, 1.807) is 42.5 Å². The first-order valence-electron chi connectivity index (χ1n) is 12.0. The van der Waals surface area contributed by atoms with Crippen molar-refractivity contribution in [2.75, 3.05) is 18.6 Å². The molecular formula is C26H34N4O7S. The predicted molar refractivity (Wildman–Crippen MR) is 143 cm³/mol. The van der Waals surface area contributed by atoms with Crippen LogP contribution in [0.2, 0.25) is 0 Å². The van der Waals surface area contributed by atoms with Crippen molar-refractivity contribution in [2.24, 2.45) is 5.73 Å². The van der Waals surface area contributed by atoms with Crippen molar-refractivity contribution >= 4 is 35.5 Å². The lowest BCUT2D eigenvalue weighted by Crippen LogP contribution is -2.58. The van der Waals surface area contributed by atoms with Gasteiger partial charge in [0.25, 0.3) is 0 Å². The molecule has 0 heterocycles. The van der Waals surface area contributed by atoms with Crippen LogP contribution < -0.4 is 21.7 Å². The number of aliphatic hydroxyl groups excluding tert-OH is 1. The third-order valence-corrected chi connectivity index (χ3v) is 6.34. The predicted octanol–water partition coefficient (Wildman–Crippen LogP) is -0.211. The topological polar surface area (TPSA) is 191 Å². The molecule has 0 bridgehead atoms. The Morgan fingerprint density at radius 2 is 1.34 bits per heavy atom. The first kappa shape index (κ1) is 30.6. The number of nitrogens with two attached hydrogens (primary N) is 1. The van der Waals surface area contributed by atoms with Gasteiger partial charge in [-0.2, -0.15) is 11.8 Å². The molecule has 0 spiro atoms. The van der Waals surface area contributed by atoms with Crippen LogP contribution in [0.4, 0.5) is 0 Å². The summed E-state index contributed by atoms with van der Waals surface area (Å²) in [5.41, 5.74) is 7.10. The number of hydrogen-bond donors (Lipinski definition) is 7. The number of carbonyl (C=O) groups is 4. The van der Waals surface area contributed by atoms with Crippen LogP contribution in [0.5, 0.6) is 5.75 Å². The highest BCUT2D eigenvalue weighted by Gasteiger charge is 2.30. The molecule has 206 valence electrons. The molecule has 2 aromatic rings. The molecule has 8 N–H and O–H groups in total. The van der Waals surface area contributed by atoms with Gasteiger partial charge < -0.3 is 37.0 Å². The summed E-state index contributed by atoms with van der Waals surface area (Å²) in [6.45, 7) is -0.744. The molecule has 11 nitrogen and oxygen atoms in total. The van der Waals surface area contributed by atoms with Crippen LogP contribution in [0.15, 0.2) is 54.6 Å². The molecule has 2 aromatic carbocycles. The van der Waals surface area contributed by atoms with Crippen LogP contribution in [0.1, 0.15) is 17.5 Å². The lowest BCUT2D eigenvalue weighted by molar-refractivity contribution is -0.142. The molecule has 0 saturated heterocycles. The summed E-state index contributed by atoms with van der Waals surface area (Å²) < 4.78 is 0. The van der Waals surface area contributed by atoms with E-state index in [9.17, 15) is 34.5 Å². The minimum Gasteiger partial charge on any atom is -0.508 e. The summed E-state index contributed by atoms with van der Waals surface area (Å²) in [5.74, 6) is -2.85. The number of carboxylic acids is 1. The minimum absolute atomic E-state index is 0.00783. The summed E-state index contributed by atoms with van der Waals surface area (Å²) in [6, 6.07) is 9.90. The quantitative estimate of drug-likeness (QED) is 0.158.